The molecule has 0 aliphatic carbocycles. The molecular weight excluding hydrogens is 352 g/mol. The molecule has 1 heterocycles. The molecule has 152 valence electrons. The minimum atomic E-state index is -0.534. The Morgan fingerprint density at radius 1 is 1.07 bits per heavy atom. The van der Waals surface area contributed by atoms with Gasteiger partial charge in [0.15, 0.2) is 0 Å². The molecule has 1 saturated heterocycles. The second-order valence-electron chi connectivity index (χ2n) is 7.41. The summed E-state index contributed by atoms with van der Waals surface area (Å²) >= 11 is 0. The minimum absolute atomic E-state index is 0.299. The maximum atomic E-state index is 10.6. The molecule has 1 atom stereocenters. The van der Waals surface area contributed by atoms with Crippen LogP contribution in [0.2, 0.25) is 0 Å². The number of para-hydroxylation sites is 1. The van der Waals surface area contributed by atoms with Gasteiger partial charge in [0.2, 0.25) is 0 Å². The Labute approximate surface area is 168 Å². The van der Waals surface area contributed by atoms with E-state index in [1.165, 1.54) is 5.56 Å². The summed E-state index contributed by atoms with van der Waals surface area (Å²) in [5.41, 5.74) is 2.35. The third kappa shape index (κ3) is 6.91. The van der Waals surface area contributed by atoms with Gasteiger partial charge >= 0.3 is 0 Å². The molecule has 0 aromatic heterocycles. The van der Waals surface area contributed by atoms with Crippen molar-refractivity contribution >= 4 is 0 Å². The van der Waals surface area contributed by atoms with Gasteiger partial charge in [0.05, 0.1) is 13.2 Å². The summed E-state index contributed by atoms with van der Waals surface area (Å²) in [7, 11) is 0. The van der Waals surface area contributed by atoms with Crippen molar-refractivity contribution in [3.8, 4) is 5.75 Å². The van der Waals surface area contributed by atoms with Crippen LogP contribution in [0.3, 0.4) is 0 Å². The Hall–Kier alpha value is -1.92. The molecule has 1 fully saturated rings. The van der Waals surface area contributed by atoms with Crippen LogP contribution in [-0.4, -0.2) is 73.6 Å². The fourth-order valence-electron chi connectivity index (χ4n) is 3.44. The van der Waals surface area contributed by atoms with E-state index < -0.39 is 6.10 Å². The van der Waals surface area contributed by atoms with Crippen molar-refractivity contribution in [1.29, 1.82) is 0 Å². The Morgan fingerprint density at radius 2 is 1.79 bits per heavy atom. The van der Waals surface area contributed by atoms with Gasteiger partial charge in [-0.15, -0.1) is 0 Å². The number of benzene rings is 2. The van der Waals surface area contributed by atoms with Crippen LogP contribution >= 0.6 is 0 Å². The fourth-order valence-corrected chi connectivity index (χ4v) is 3.44. The number of ether oxygens (including phenoxy) is 2. The molecule has 1 aliphatic rings. The second-order valence-corrected chi connectivity index (χ2v) is 7.41. The molecule has 5 nitrogen and oxygen atoms in total. The molecule has 0 bridgehead atoms. The third-order valence-corrected chi connectivity index (χ3v) is 5.08. The normalized spacial score (nSPS) is 16.2. The SMILES string of the molecule is Cc1ccccc1OC[C@@H](O)CN(CCN1CCOCC1)Cc1ccccc1. The zero-order chi connectivity index (χ0) is 19.6. The standard InChI is InChI=1S/C23H32N2O3/c1-20-7-5-6-10-23(20)28-19-22(26)18-25(17-21-8-3-2-4-9-21)12-11-24-13-15-27-16-14-24/h2-10,22,26H,11-19H2,1H3/t22-/m0/s1. The van der Waals surface area contributed by atoms with Crippen LogP contribution < -0.4 is 4.74 Å². The molecule has 0 spiro atoms. The highest BCUT2D eigenvalue weighted by Gasteiger charge is 2.16. The topological polar surface area (TPSA) is 45.2 Å². The highest BCUT2D eigenvalue weighted by atomic mass is 16.5. The molecule has 0 unspecified atom stereocenters. The molecule has 1 aliphatic heterocycles. The van der Waals surface area contributed by atoms with Crippen LogP contribution in [0, 0.1) is 6.92 Å². The molecule has 28 heavy (non-hydrogen) atoms. The molecule has 0 amide bonds. The van der Waals surface area contributed by atoms with Gasteiger partial charge in [-0.2, -0.15) is 0 Å². The number of nitrogens with zero attached hydrogens (tertiary/aromatic N) is 2. The Bertz CT molecular complexity index is 689. The minimum Gasteiger partial charge on any atom is -0.491 e. The summed E-state index contributed by atoms with van der Waals surface area (Å²) in [5.74, 6) is 0.837. The van der Waals surface area contributed by atoms with Crippen LogP contribution in [0.15, 0.2) is 54.6 Å². The van der Waals surface area contributed by atoms with Crippen LogP contribution in [0.25, 0.3) is 0 Å². The quantitative estimate of drug-likeness (QED) is 0.682. The average molecular weight is 385 g/mol. The Kier molecular flexibility index (Phi) is 8.30. The average Bonchev–Trinajstić information content (AvgIpc) is 2.73. The molecule has 5 heteroatoms. The predicted molar refractivity (Wildman–Crippen MR) is 112 cm³/mol. The molecule has 1 N–H and O–H groups in total. The maximum absolute atomic E-state index is 10.6. The van der Waals surface area contributed by atoms with E-state index in [4.69, 9.17) is 9.47 Å². The van der Waals surface area contributed by atoms with E-state index in [1.807, 2.05) is 37.3 Å². The van der Waals surface area contributed by atoms with Gasteiger partial charge < -0.3 is 14.6 Å². The van der Waals surface area contributed by atoms with Crippen molar-refractivity contribution in [2.45, 2.75) is 19.6 Å². The lowest BCUT2D eigenvalue weighted by atomic mass is 10.2. The summed E-state index contributed by atoms with van der Waals surface area (Å²) in [5, 5.41) is 10.6. The molecule has 2 aromatic rings. The van der Waals surface area contributed by atoms with E-state index in [0.29, 0.717) is 13.2 Å². The summed E-state index contributed by atoms with van der Waals surface area (Å²) in [6.07, 6.45) is -0.534. The summed E-state index contributed by atoms with van der Waals surface area (Å²) < 4.78 is 11.3. The zero-order valence-corrected chi connectivity index (χ0v) is 16.8. The van der Waals surface area contributed by atoms with Crippen LogP contribution in [0.5, 0.6) is 5.75 Å². The number of aryl methyl sites for hydroxylation is 1. The second kappa shape index (κ2) is 11.2. The number of hydrogen-bond donors (Lipinski definition) is 1. The van der Waals surface area contributed by atoms with E-state index in [0.717, 1.165) is 57.3 Å². The first kappa shape index (κ1) is 20.8. The molecular formula is C23H32N2O3. The van der Waals surface area contributed by atoms with Gasteiger partial charge in [-0.05, 0) is 24.1 Å². The number of aliphatic hydroxyl groups excluding tert-OH is 1. The van der Waals surface area contributed by atoms with Crippen molar-refractivity contribution in [1.82, 2.24) is 9.80 Å². The van der Waals surface area contributed by atoms with Crippen molar-refractivity contribution < 1.29 is 14.6 Å². The zero-order valence-electron chi connectivity index (χ0n) is 16.8. The lowest BCUT2D eigenvalue weighted by Crippen LogP contribution is -2.43. The Balaban J connectivity index is 1.53. The first-order valence-corrected chi connectivity index (χ1v) is 10.1. The number of hydrogen-bond acceptors (Lipinski definition) is 5. The monoisotopic (exact) mass is 384 g/mol. The summed E-state index contributed by atoms with van der Waals surface area (Å²) in [6.45, 7) is 9.22. The number of aliphatic hydroxyl groups is 1. The van der Waals surface area contributed by atoms with Crippen LogP contribution in [0.1, 0.15) is 11.1 Å². The molecule has 0 radical (unpaired) electrons. The van der Waals surface area contributed by atoms with Gasteiger partial charge in [-0.25, -0.2) is 0 Å². The van der Waals surface area contributed by atoms with E-state index >= 15 is 0 Å². The summed E-state index contributed by atoms with van der Waals surface area (Å²) in [6, 6.07) is 18.3. The fraction of sp³-hybridized carbons (Fsp3) is 0.478. The van der Waals surface area contributed by atoms with Gasteiger partial charge in [0.1, 0.15) is 18.5 Å². The molecule has 3 rings (SSSR count). The molecule has 0 saturated carbocycles. The maximum Gasteiger partial charge on any atom is 0.122 e. The first-order valence-electron chi connectivity index (χ1n) is 10.1. The smallest absolute Gasteiger partial charge is 0.122 e. The van der Waals surface area contributed by atoms with Crippen molar-refractivity contribution in [2.75, 3.05) is 52.5 Å². The van der Waals surface area contributed by atoms with Crippen LogP contribution in [0.4, 0.5) is 0 Å². The number of rotatable bonds is 10. The van der Waals surface area contributed by atoms with Crippen molar-refractivity contribution in [3.05, 3.63) is 65.7 Å². The lowest BCUT2D eigenvalue weighted by molar-refractivity contribution is 0.0255. The van der Waals surface area contributed by atoms with Gasteiger partial charge in [-0.1, -0.05) is 48.5 Å². The van der Waals surface area contributed by atoms with Gasteiger partial charge in [0, 0.05) is 39.3 Å². The largest absolute Gasteiger partial charge is 0.491 e. The Morgan fingerprint density at radius 3 is 2.54 bits per heavy atom. The molecule has 2 aromatic carbocycles. The van der Waals surface area contributed by atoms with Crippen molar-refractivity contribution in [2.24, 2.45) is 0 Å². The van der Waals surface area contributed by atoms with Gasteiger partial charge in [0.25, 0.3) is 0 Å². The summed E-state index contributed by atoms with van der Waals surface area (Å²) in [4.78, 5) is 4.74. The van der Waals surface area contributed by atoms with Crippen LogP contribution in [-0.2, 0) is 11.3 Å². The van der Waals surface area contributed by atoms with E-state index in [2.05, 4.69) is 34.1 Å². The number of morpholine rings is 1. The van der Waals surface area contributed by atoms with E-state index in [-0.39, 0.29) is 0 Å². The first-order chi connectivity index (χ1) is 13.7. The van der Waals surface area contributed by atoms with E-state index in [9.17, 15) is 5.11 Å². The predicted octanol–water partition coefficient (Wildman–Crippen LogP) is 2.57. The van der Waals surface area contributed by atoms with E-state index in [1.54, 1.807) is 0 Å². The highest BCUT2D eigenvalue weighted by Crippen LogP contribution is 2.16. The van der Waals surface area contributed by atoms with Crippen molar-refractivity contribution in [3.63, 3.8) is 0 Å². The highest BCUT2D eigenvalue weighted by molar-refractivity contribution is 5.31. The third-order valence-electron chi connectivity index (χ3n) is 5.08. The lowest BCUT2D eigenvalue weighted by Gasteiger charge is -2.31. The van der Waals surface area contributed by atoms with Gasteiger partial charge in [-0.3, -0.25) is 9.80 Å².